The second-order valence-corrected chi connectivity index (χ2v) is 7.07. The fourth-order valence-corrected chi connectivity index (χ4v) is 2.51. The molecular formula is C13H17BF3NO2S. The third kappa shape index (κ3) is 3.49. The van der Waals surface area contributed by atoms with Crippen molar-refractivity contribution in [2.75, 3.05) is 5.73 Å². The van der Waals surface area contributed by atoms with Crippen molar-refractivity contribution < 1.29 is 22.5 Å². The van der Waals surface area contributed by atoms with Crippen LogP contribution in [0.5, 0.6) is 0 Å². The van der Waals surface area contributed by atoms with Crippen LogP contribution in [-0.2, 0) is 9.31 Å². The highest BCUT2D eigenvalue weighted by Crippen LogP contribution is 2.39. The smallest absolute Gasteiger partial charge is 0.399 e. The van der Waals surface area contributed by atoms with E-state index in [1.807, 2.05) is 27.7 Å². The van der Waals surface area contributed by atoms with Gasteiger partial charge in [-0.3, -0.25) is 0 Å². The van der Waals surface area contributed by atoms with Gasteiger partial charge in [-0.15, -0.1) is 0 Å². The van der Waals surface area contributed by atoms with Crippen molar-refractivity contribution in [1.82, 2.24) is 0 Å². The normalized spacial score (nSPS) is 20.8. The SMILES string of the molecule is CC1(C)OB(c2cc(SC(F)(F)F)ccc2N)OC1(C)C. The van der Waals surface area contributed by atoms with Crippen molar-refractivity contribution in [2.45, 2.75) is 49.3 Å². The summed E-state index contributed by atoms with van der Waals surface area (Å²) < 4.78 is 49.0. The first-order valence-corrected chi connectivity index (χ1v) is 7.24. The molecule has 0 aliphatic carbocycles. The van der Waals surface area contributed by atoms with Gasteiger partial charge >= 0.3 is 12.6 Å². The van der Waals surface area contributed by atoms with Gasteiger partial charge in [0.25, 0.3) is 0 Å². The summed E-state index contributed by atoms with van der Waals surface area (Å²) in [6.45, 7) is 7.49. The number of hydrogen-bond donors (Lipinski definition) is 1. The monoisotopic (exact) mass is 319 g/mol. The van der Waals surface area contributed by atoms with Crippen LogP contribution in [0.25, 0.3) is 0 Å². The zero-order valence-electron chi connectivity index (χ0n) is 12.2. The molecule has 0 atom stereocenters. The summed E-state index contributed by atoms with van der Waals surface area (Å²) in [7, 11) is -0.774. The molecule has 0 amide bonds. The molecule has 21 heavy (non-hydrogen) atoms. The van der Waals surface area contributed by atoms with Gasteiger partial charge in [-0.2, -0.15) is 13.2 Å². The zero-order valence-corrected chi connectivity index (χ0v) is 13.1. The summed E-state index contributed by atoms with van der Waals surface area (Å²) in [5, 5.41) is 0. The molecule has 1 aromatic rings. The van der Waals surface area contributed by atoms with Gasteiger partial charge in [-0.1, -0.05) is 0 Å². The van der Waals surface area contributed by atoms with Crippen LogP contribution in [-0.4, -0.2) is 23.8 Å². The minimum Gasteiger partial charge on any atom is -0.399 e. The van der Waals surface area contributed by atoms with Crippen LogP contribution in [0.3, 0.4) is 0 Å². The van der Waals surface area contributed by atoms with E-state index in [0.29, 0.717) is 11.2 Å². The van der Waals surface area contributed by atoms with Gasteiger partial charge in [0.1, 0.15) is 0 Å². The van der Waals surface area contributed by atoms with E-state index in [0.717, 1.165) is 0 Å². The number of anilines is 1. The lowest BCUT2D eigenvalue weighted by atomic mass is 9.78. The molecule has 2 rings (SSSR count). The predicted molar refractivity (Wildman–Crippen MR) is 78.5 cm³/mol. The zero-order chi connectivity index (χ0) is 16.1. The highest BCUT2D eigenvalue weighted by molar-refractivity contribution is 8.00. The molecule has 0 aromatic heterocycles. The lowest BCUT2D eigenvalue weighted by molar-refractivity contribution is -0.0328. The summed E-state index contributed by atoms with van der Waals surface area (Å²) in [5.74, 6) is 0. The lowest BCUT2D eigenvalue weighted by Crippen LogP contribution is -2.41. The maximum Gasteiger partial charge on any atom is 0.496 e. The van der Waals surface area contributed by atoms with Crippen LogP contribution in [0.4, 0.5) is 18.9 Å². The van der Waals surface area contributed by atoms with Gasteiger partial charge < -0.3 is 15.0 Å². The highest BCUT2D eigenvalue weighted by atomic mass is 32.2. The second-order valence-electron chi connectivity index (χ2n) is 5.93. The van der Waals surface area contributed by atoms with Crippen LogP contribution in [0, 0.1) is 0 Å². The van der Waals surface area contributed by atoms with Crippen molar-refractivity contribution in [3.8, 4) is 0 Å². The Balaban J connectivity index is 2.31. The van der Waals surface area contributed by atoms with E-state index >= 15 is 0 Å². The standard InChI is InChI=1S/C13H17BF3NO2S/c1-11(2)12(3,4)20-14(19-11)9-7-8(5-6-10(9)18)21-13(15,16)17/h5-7H,18H2,1-4H3. The summed E-state index contributed by atoms with van der Waals surface area (Å²) in [4.78, 5) is 0.0569. The summed E-state index contributed by atoms with van der Waals surface area (Å²) in [6, 6.07) is 4.15. The average molecular weight is 319 g/mol. The molecule has 1 aliphatic rings. The third-order valence-corrected chi connectivity index (χ3v) is 4.52. The highest BCUT2D eigenvalue weighted by Gasteiger charge is 2.52. The minimum atomic E-state index is -4.34. The maximum atomic E-state index is 12.5. The molecule has 0 bridgehead atoms. The molecule has 8 heteroatoms. The molecule has 0 saturated carbocycles. The predicted octanol–water partition coefficient (Wildman–Crippen LogP) is 3.18. The van der Waals surface area contributed by atoms with Crippen LogP contribution in [0.15, 0.2) is 23.1 Å². The Morgan fingerprint density at radius 1 is 1.10 bits per heavy atom. The molecule has 0 spiro atoms. The summed E-state index contributed by atoms with van der Waals surface area (Å²) in [6.07, 6.45) is 0. The molecule has 1 aromatic carbocycles. The Morgan fingerprint density at radius 2 is 1.62 bits per heavy atom. The average Bonchev–Trinajstić information content (AvgIpc) is 2.49. The molecule has 0 unspecified atom stereocenters. The van der Waals surface area contributed by atoms with Gasteiger partial charge in [0.2, 0.25) is 0 Å². The Labute approximate surface area is 126 Å². The molecule has 2 N–H and O–H groups in total. The van der Waals surface area contributed by atoms with Crippen LogP contribution in [0.2, 0.25) is 0 Å². The van der Waals surface area contributed by atoms with E-state index in [1.54, 1.807) is 0 Å². The number of thioether (sulfide) groups is 1. The fourth-order valence-electron chi connectivity index (χ4n) is 1.92. The molecule has 116 valence electrons. The van der Waals surface area contributed by atoms with Crippen LogP contribution >= 0.6 is 11.8 Å². The number of rotatable bonds is 2. The molecule has 1 fully saturated rings. The van der Waals surface area contributed by atoms with Crippen LogP contribution in [0.1, 0.15) is 27.7 Å². The molecule has 3 nitrogen and oxygen atoms in total. The molecule has 0 radical (unpaired) electrons. The van der Waals surface area contributed by atoms with Crippen molar-refractivity contribution in [1.29, 1.82) is 0 Å². The minimum absolute atomic E-state index is 0.0569. The van der Waals surface area contributed by atoms with E-state index in [2.05, 4.69) is 0 Å². The first kappa shape index (κ1) is 16.5. The molecule has 1 heterocycles. The number of halogens is 3. The van der Waals surface area contributed by atoms with Crippen molar-refractivity contribution in [2.24, 2.45) is 0 Å². The van der Waals surface area contributed by atoms with E-state index in [9.17, 15) is 13.2 Å². The molecule has 1 aliphatic heterocycles. The summed E-state index contributed by atoms with van der Waals surface area (Å²) >= 11 is -0.184. The second kappa shape index (κ2) is 5.10. The number of nitrogens with two attached hydrogens (primary N) is 1. The van der Waals surface area contributed by atoms with Gasteiger partial charge in [-0.05, 0) is 57.7 Å². The lowest BCUT2D eigenvalue weighted by Gasteiger charge is -2.32. The van der Waals surface area contributed by atoms with E-state index in [1.165, 1.54) is 18.2 Å². The largest absolute Gasteiger partial charge is 0.496 e. The van der Waals surface area contributed by atoms with E-state index in [-0.39, 0.29) is 16.7 Å². The van der Waals surface area contributed by atoms with Crippen molar-refractivity contribution in [3.05, 3.63) is 18.2 Å². The number of hydrogen-bond acceptors (Lipinski definition) is 4. The molecule has 1 saturated heterocycles. The van der Waals surface area contributed by atoms with Crippen molar-refractivity contribution in [3.63, 3.8) is 0 Å². The Bertz CT molecular complexity index is 533. The third-order valence-electron chi connectivity index (χ3n) is 3.80. The number of benzene rings is 1. The topological polar surface area (TPSA) is 44.5 Å². The maximum absolute atomic E-state index is 12.5. The van der Waals surface area contributed by atoms with Gasteiger partial charge in [0.05, 0.1) is 11.2 Å². The summed E-state index contributed by atoms with van der Waals surface area (Å²) in [5.41, 5.74) is 1.14. The Kier molecular flexibility index (Phi) is 4.01. The van der Waals surface area contributed by atoms with E-state index < -0.39 is 23.8 Å². The Hall–Kier alpha value is -0.855. The van der Waals surface area contributed by atoms with Gasteiger partial charge in [0, 0.05) is 16.0 Å². The number of alkyl halides is 3. The van der Waals surface area contributed by atoms with Gasteiger partial charge in [0.15, 0.2) is 0 Å². The molecular weight excluding hydrogens is 302 g/mol. The first-order chi connectivity index (χ1) is 9.41. The van der Waals surface area contributed by atoms with Crippen LogP contribution < -0.4 is 11.2 Å². The van der Waals surface area contributed by atoms with Gasteiger partial charge in [-0.25, -0.2) is 0 Å². The van der Waals surface area contributed by atoms with Crippen molar-refractivity contribution >= 4 is 30.0 Å². The quantitative estimate of drug-likeness (QED) is 0.517. The first-order valence-electron chi connectivity index (χ1n) is 6.42. The van der Waals surface area contributed by atoms with E-state index in [4.69, 9.17) is 15.0 Å². The Morgan fingerprint density at radius 3 is 2.10 bits per heavy atom. The number of nitrogen functional groups attached to an aromatic ring is 1. The fraction of sp³-hybridized carbons (Fsp3) is 0.538.